The van der Waals surface area contributed by atoms with Gasteiger partial charge >= 0.3 is 5.97 Å². The number of hydrogen-bond acceptors (Lipinski definition) is 4. The molecule has 1 aromatic carbocycles. The molecule has 0 spiro atoms. The average Bonchev–Trinajstić information content (AvgIpc) is 2.94. The molecule has 6 heteroatoms. The first-order valence-corrected chi connectivity index (χ1v) is 8.94. The zero-order chi connectivity index (χ0) is 16.8. The van der Waals surface area contributed by atoms with E-state index >= 15 is 0 Å². The van der Waals surface area contributed by atoms with Crippen LogP contribution in [0, 0.1) is 11.8 Å². The molecule has 1 saturated carbocycles. The molecule has 0 aliphatic heterocycles. The first-order valence-electron chi connectivity index (χ1n) is 7.35. The van der Waals surface area contributed by atoms with Crippen molar-refractivity contribution in [2.45, 2.75) is 24.7 Å². The molecule has 124 valence electrons. The standard InChI is InChI=1S/C17H18Br2O4/c1-9(20)23-16-11(10-7-5-4-6-8-10)12-14(18)15(19)13(16)17(12,21-2)22-3/h4-8,11-13,16H,1-3H3/t11-,12-,13-,16-/m0/s1. The fourth-order valence-electron chi connectivity index (χ4n) is 4.00. The van der Waals surface area contributed by atoms with Crippen LogP contribution in [0.2, 0.25) is 0 Å². The van der Waals surface area contributed by atoms with Gasteiger partial charge < -0.3 is 14.2 Å². The maximum Gasteiger partial charge on any atom is 0.302 e. The Balaban J connectivity index is 2.15. The Labute approximate surface area is 152 Å². The minimum absolute atomic E-state index is 0.0410. The van der Waals surface area contributed by atoms with E-state index in [1.54, 1.807) is 14.2 Å². The van der Waals surface area contributed by atoms with Crippen LogP contribution in [0.4, 0.5) is 0 Å². The van der Waals surface area contributed by atoms with Crippen molar-refractivity contribution < 1.29 is 19.0 Å². The van der Waals surface area contributed by atoms with E-state index in [1.807, 2.05) is 30.3 Å². The summed E-state index contributed by atoms with van der Waals surface area (Å²) in [6, 6.07) is 10.0. The van der Waals surface area contributed by atoms with Crippen molar-refractivity contribution in [1.29, 1.82) is 0 Å². The van der Waals surface area contributed by atoms with Crippen LogP contribution in [0.3, 0.4) is 0 Å². The highest BCUT2D eigenvalue weighted by Crippen LogP contribution is 2.66. The molecule has 4 nitrogen and oxygen atoms in total. The van der Waals surface area contributed by atoms with Crippen LogP contribution in [0.5, 0.6) is 0 Å². The molecule has 0 saturated heterocycles. The van der Waals surface area contributed by atoms with Crippen LogP contribution in [-0.2, 0) is 19.0 Å². The van der Waals surface area contributed by atoms with E-state index < -0.39 is 5.79 Å². The predicted octanol–water partition coefficient (Wildman–Crippen LogP) is 3.95. The Morgan fingerprint density at radius 2 is 1.61 bits per heavy atom. The second kappa shape index (κ2) is 6.31. The van der Waals surface area contributed by atoms with Gasteiger partial charge in [-0.2, -0.15) is 0 Å². The van der Waals surface area contributed by atoms with E-state index in [2.05, 4.69) is 31.9 Å². The van der Waals surface area contributed by atoms with Crippen LogP contribution in [0.1, 0.15) is 18.4 Å². The quantitative estimate of drug-likeness (QED) is 0.519. The minimum atomic E-state index is -0.863. The SMILES string of the molecule is COC1(OC)[C@@H]2C(Br)=C(Br)[C@H]1[C@@H](OC(C)=O)[C@H]2c1ccccc1. The fourth-order valence-corrected chi connectivity index (χ4v) is 5.68. The molecule has 1 aromatic rings. The number of esters is 1. The number of rotatable bonds is 4. The van der Waals surface area contributed by atoms with Crippen molar-refractivity contribution in [3.63, 3.8) is 0 Å². The minimum Gasteiger partial charge on any atom is -0.461 e. The van der Waals surface area contributed by atoms with Crippen LogP contribution in [0.25, 0.3) is 0 Å². The number of carbonyl (C=O) groups is 1. The number of benzene rings is 1. The fraction of sp³-hybridized carbons (Fsp3) is 0.471. The van der Waals surface area contributed by atoms with Gasteiger partial charge in [-0.1, -0.05) is 62.2 Å². The highest BCUT2D eigenvalue weighted by Gasteiger charge is 2.69. The zero-order valence-electron chi connectivity index (χ0n) is 13.1. The Hall–Kier alpha value is -0.690. The molecule has 0 aromatic heterocycles. The molecule has 23 heavy (non-hydrogen) atoms. The molecule has 0 N–H and O–H groups in total. The maximum absolute atomic E-state index is 11.7. The van der Waals surface area contributed by atoms with Gasteiger partial charge in [0.25, 0.3) is 0 Å². The van der Waals surface area contributed by atoms with Crippen LogP contribution >= 0.6 is 31.9 Å². The normalized spacial score (nSPS) is 31.5. The van der Waals surface area contributed by atoms with E-state index in [1.165, 1.54) is 6.92 Å². The predicted molar refractivity (Wildman–Crippen MR) is 93.3 cm³/mol. The van der Waals surface area contributed by atoms with Crippen LogP contribution in [0.15, 0.2) is 39.3 Å². The van der Waals surface area contributed by atoms with Gasteiger partial charge in [0.05, 0.1) is 11.8 Å². The third-order valence-electron chi connectivity index (χ3n) is 4.81. The van der Waals surface area contributed by atoms with Crippen LogP contribution < -0.4 is 0 Å². The van der Waals surface area contributed by atoms with Crippen molar-refractivity contribution >= 4 is 37.8 Å². The highest BCUT2D eigenvalue weighted by molar-refractivity contribution is 9.14. The smallest absolute Gasteiger partial charge is 0.302 e. The number of halogens is 2. The van der Waals surface area contributed by atoms with Crippen molar-refractivity contribution in [2.75, 3.05) is 14.2 Å². The molecule has 2 bridgehead atoms. The molecule has 2 aliphatic rings. The van der Waals surface area contributed by atoms with Gasteiger partial charge in [-0.05, 0) is 5.56 Å². The Kier molecular flexibility index (Phi) is 4.71. The van der Waals surface area contributed by atoms with E-state index in [0.29, 0.717) is 0 Å². The summed E-state index contributed by atoms with van der Waals surface area (Å²) >= 11 is 7.31. The van der Waals surface area contributed by atoms with Gasteiger partial charge in [-0.15, -0.1) is 0 Å². The number of ether oxygens (including phenoxy) is 3. The molecule has 4 atom stereocenters. The van der Waals surface area contributed by atoms with E-state index in [-0.39, 0.29) is 29.8 Å². The molecule has 0 amide bonds. The third-order valence-corrected chi connectivity index (χ3v) is 7.18. The van der Waals surface area contributed by atoms with Gasteiger partial charge in [0, 0.05) is 36.0 Å². The molecule has 0 radical (unpaired) electrons. The van der Waals surface area contributed by atoms with Gasteiger partial charge in [0.2, 0.25) is 0 Å². The van der Waals surface area contributed by atoms with E-state index in [0.717, 1.165) is 14.5 Å². The lowest BCUT2D eigenvalue weighted by atomic mass is 9.84. The van der Waals surface area contributed by atoms with Crippen LogP contribution in [-0.4, -0.2) is 32.1 Å². The Bertz CT molecular complexity index is 639. The van der Waals surface area contributed by atoms with Crippen molar-refractivity contribution in [1.82, 2.24) is 0 Å². The summed E-state index contributed by atoms with van der Waals surface area (Å²) in [6.45, 7) is 1.43. The monoisotopic (exact) mass is 444 g/mol. The highest BCUT2D eigenvalue weighted by atomic mass is 79.9. The molecule has 2 aliphatic carbocycles. The van der Waals surface area contributed by atoms with Crippen molar-refractivity contribution in [3.05, 3.63) is 44.9 Å². The van der Waals surface area contributed by atoms with E-state index in [4.69, 9.17) is 14.2 Å². The lowest BCUT2D eigenvalue weighted by Crippen LogP contribution is -2.42. The average molecular weight is 446 g/mol. The summed E-state index contributed by atoms with van der Waals surface area (Å²) in [5.41, 5.74) is 1.10. The second-order valence-electron chi connectivity index (χ2n) is 5.79. The molecule has 3 rings (SSSR count). The van der Waals surface area contributed by atoms with Gasteiger partial charge in [0.15, 0.2) is 5.79 Å². The maximum atomic E-state index is 11.7. The first-order chi connectivity index (χ1) is 11.0. The summed E-state index contributed by atoms with van der Waals surface area (Å²) in [5.74, 6) is -1.52. The summed E-state index contributed by atoms with van der Waals surface area (Å²) in [6.07, 6.45) is -0.351. The summed E-state index contributed by atoms with van der Waals surface area (Å²) in [7, 11) is 3.27. The number of carbonyl (C=O) groups excluding carboxylic acids is 1. The van der Waals surface area contributed by atoms with Gasteiger partial charge in [-0.25, -0.2) is 0 Å². The molecular weight excluding hydrogens is 428 g/mol. The summed E-state index contributed by atoms with van der Waals surface area (Å²) in [4.78, 5) is 11.7. The van der Waals surface area contributed by atoms with Crippen molar-refractivity contribution in [3.8, 4) is 0 Å². The van der Waals surface area contributed by atoms with Crippen molar-refractivity contribution in [2.24, 2.45) is 11.8 Å². The first kappa shape index (κ1) is 17.1. The largest absolute Gasteiger partial charge is 0.461 e. The topological polar surface area (TPSA) is 44.8 Å². The summed E-state index contributed by atoms with van der Waals surface area (Å²) < 4.78 is 19.3. The van der Waals surface area contributed by atoms with Gasteiger partial charge in [0.1, 0.15) is 6.10 Å². The lowest BCUT2D eigenvalue weighted by molar-refractivity contribution is -0.236. The lowest BCUT2D eigenvalue weighted by Gasteiger charge is -2.32. The summed E-state index contributed by atoms with van der Waals surface area (Å²) in [5, 5.41) is 0. The third kappa shape index (κ3) is 2.42. The Morgan fingerprint density at radius 1 is 1.04 bits per heavy atom. The molecular formula is C17H18Br2O4. The Morgan fingerprint density at radius 3 is 2.13 bits per heavy atom. The second-order valence-corrected chi connectivity index (χ2v) is 7.50. The molecule has 1 fully saturated rings. The molecule has 0 heterocycles. The van der Waals surface area contributed by atoms with E-state index in [9.17, 15) is 4.79 Å². The zero-order valence-corrected chi connectivity index (χ0v) is 16.3. The number of methoxy groups -OCH3 is 2. The molecule has 0 unspecified atom stereocenters. The van der Waals surface area contributed by atoms with Gasteiger partial charge in [-0.3, -0.25) is 4.79 Å². The number of hydrogen-bond donors (Lipinski definition) is 0. The number of fused-ring (bicyclic) bond motifs is 2.